The Kier molecular flexibility index (Phi) is 2.24. The van der Waals surface area contributed by atoms with Crippen molar-refractivity contribution in [3.63, 3.8) is 0 Å². The lowest BCUT2D eigenvalue weighted by Gasteiger charge is -2.47. The largest absolute Gasteiger partial charge is 0.477 e. The summed E-state index contributed by atoms with van der Waals surface area (Å²) in [5, 5.41) is 8.66. The zero-order valence-electron chi connectivity index (χ0n) is 7.47. The van der Waals surface area contributed by atoms with E-state index < -0.39 is 12.1 Å². The Labute approximate surface area is 84.7 Å². The molecule has 0 radical (unpaired) electrons. The van der Waals surface area contributed by atoms with Gasteiger partial charge in [0.1, 0.15) is 11.1 Å². The summed E-state index contributed by atoms with van der Waals surface area (Å²) in [6.07, 6.45) is 1.07. The van der Waals surface area contributed by atoms with Gasteiger partial charge in [-0.3, -0.25) is 9.69 Å². The molecule has 1 N–H and O–H groups in total. The van der Waals surface area contributed by atoms with Gasteiger partial charge in [0.2, 0.25) is 0 Å². The number of carbonyl (C=O) groups excluding carboxylic acids is 1. The second-order valence-electron chi connectivity index (χ2n) is 2.98. The molecule has 1 saturated heterocycles. The minimum atomic E-state index is -1.06. The van der Waals surface area contributed by atoms with Crippen molar-refractivity contribution in [1.82, 2.24) is 4.90 Å². The second kappa shape index (κ2) is 3.29. The molecule has 14 heavy (non-hydrogen) atoms. The van der Waals surface area contributed by atoms with Gasteiger partial charge in [0.05, 0.1) is 0 Å². The van der Waals surface area contributed by atoms with Gasteiger partial charge in [-0.25, -0.2) is 4.79 Å². The Bertz CT molecular complexity index is 327. The van der Waals surface area contributed by atoms with Gasteiger partial charge in [0.15, 0.2) is 6.10 Å². The van der Waals surface area contributed by atoms with E-state index in [0.717, 1.165) is 0 Å². The van der Waals surface area contributed by atoms with Crippen LogP contribution in [0.25, 0.3) is 0 Å². The van der Waals surface area contributed by atoms with Crippen LogP contribution in [0.4, 0.5) is 0 Å². The molecule has 0 spiro atoms. The lowest BCUT2D eigenvalue weighted by atomic mass is 10.1. The molecule has 1 fully saturated rings. The van der Waals surface area contributed by atoms with Gasteiger partial charge in [0.25, 0.3) is 5.91 Å². The number of nitrogens with zero attached hydrogens (tertiary/aromatic N) is 1. The number of β-lactam (4-membered cyclic amide) rings is 1. The highest BCUT2D eigenvalue weighted by Crippen LogP contribution is 2.38. The Balaban J connectivity index is 2.23. The fourth-order valence-electron chi connectivity index (χ4n) is 1.59. The van der Waals surface area contributed by atoms with Crippen LogP contribution < -0.4 is 0 Å². The summed E-state index contributed by atoms with van der Waals surface area (Å²) in [6.45, 7) is 0. The summed E-state index contributed by atoms with van der Waals surface area (Å²) in [7, 11) is 1.46. The number of carbonyl (C=O) groups is 2. The first-order valence-electron chi connectivity index (χ1n) is 4.07. The minimum absolute atomic E-state index is 0.0760. The Morgan fingerprint density at radius 2 is 2.50 bits per heavy atom. The molecule has 76 valence electrons. The van der Waals surface area contributed by atoms with Crippen LogP contribution in [0.3, 0.4) is 0 Å². The van der Waals surface area contributed by atoms with Crippen LogP contribution >= 0.6 is 11.8 Å². The SMILES string of the molecule is COC1C(=O)N2C(C(=O)O)=CCS[C@H]12. The molecule has 0 aliphatic carbocycles. The van der Waals surface area contributed by atoms with Crippen LogP contribution in [-0.4, -0.2) is 46.2 Å². The van der Waals surface area contributed by atoms with Crippen LogP contribution in [0.15, 0.2) is 11.8 Å². The van der Waals surface area contributed by atoms with Crippen molar-refractivity contribution < 1.29 is 19.4 Å². The van der Waals surface area contributed by atoms with Crippen molar-refractivity contribution in [2.75, 3.05) is 12.9 Å². The van der Waals surface area contributed by atoms with E-state index in [1.807, 2.05) is 0 Å². The number of carboxylic acid groups (broad SMARTS) is 1. The molecule has 2 aliphatic rings. The zero-order chi connectivity index (χ0) is 10.3. The number of aliphatic carboxylic acids is 1. The number of thioether (sulfide) groups is 1. The predicted octanol–water partition coefficient (Wildman–Crippen LogP) is -0.115. The van der Waals surface area contributed by atoms with E-state index in [1.165, 1.54) is 23.8 Å². The number of amides is 1. The Morgan fingerprint density at radius 1 is 1.79 bits per heavy atom. The summed E-state index contributed by atoms with van der Waals surface area (Å²) >= 11 is 1.51. The van der Waals surface area contributed by atoms with Gasteiger partial charge < -0.3 is 9.84 Å². The van der Waals surface area contributed by atoms with Crippen molar-refractivity contribution in [3.8, 4) is 0 Å². The maximum atomic E-state index is 11.4. The van der Waals surface area contributed by atoms with E-state index >= 15 is 0 Å². The van der Waals surface area contributed by atoms with Crippen LogP contribution in [0.1, 0.15) is 0 Å². The quantitative estimate of drug-likeness (QED) is 0.651. The number of methoxy groups -OCH3 is 1. The van der Waals surface area contributed by atoms with Crippen molar-refractivity contribution >= 4 is 23.6 Å². The van der Waals surface area contributed by atoms with Gasteiger partial charge in [-0.15, -0.1) is 11.8 Å². The fourth-order valence-corrected chi connectivity index (χ4v) is 2.81. The number of hydrogen-bond acceptors (Lipinski definition) is 4. The predicted molar refractivity (Wildman–Crippen MR) is 49.6 cm³/mol. The maximum Gasteiger partial charge on any atom is 0.352 e. The Morgan fingerprint density at radius 3 is 3.07 bits per heavy atom. The standard InChI is InChI=1S/C8H9NO4S/c1-13-5-6(10)9-4(8(11)12)2-3-14-7(5)9/h2,5,7H,3H2,1H3,(H,11,12)/t5?,7-/m1/s1. The average molecular weight is 215 g/mol. The molecule has 2 heterocycles. The van der Waals surface area contributed by atoms with E-state index in [1.54, 1.807) is 6.08 Å². The number of ether oxygens (including phenoxy) is 1. The summed E-state index contributed by atoms with van der Waals surface area (Å²) in [6, 6.07) is 0. The van der Waals surface area contributed by atoms with Gasteiger partial charge in [-0.2, -0.15) is 0 Å². The molecular weight excluding hydrogens is 206 g/mol. The highest BCUT2D eigenvalue weighted by atomic mass is 32.2. The molecule has 0 aromatic rings. The topological polar surface area (TPSA) is 66.8 Å². The second-order valence-corrected chi connectivity index (χ2v) is 4.13. The number of hydrogen-bond donors (Lipinski definition) is 1. The first-order valence-corrected chi connectivity index (χ1v) is 5.12. The van der Waals surface area contributed by atoms with Crippen molar-refractivity contribution in [3.05, 3.63) is 11.8 Å². The first kappa shape index (κ1) is 9.54. The first-order chi connectivity index (χ1) is 6.66. The van der Waals surface area contributed by atoms with E-state index in [0.29, 0.717) is 5.75 Å². The van der Waals surface area contributed by atoms with Gasteiger partial charge in [-0.1, -0.05) is 0 Å². The van der Waals surface area contributed by atoms with E-state index in [9.17, 15) is 9.59 Å². The molecule has 1 unspecified atom stereocenters. The Hall–Kier alpha value is -1.01. The third-order valence-electron chi connectivity index (χ3n) is 2.27. The van der Waals surface area contributed by atoms with Crippen LogP contribution in [0.5, 0.6) is 0 Å². The van der Waals surface area contributed by atoms with Crippen LogP contribution in [-0.2, 0) is 14.3 Å². The molecule has 1 amide bonds. The lowest BCUT2D eigenvalue weighted by Crippen LogP contribution is -2.65. The normalized spacial score (nSPS) is 30.5. The number of rotatable bonds is 2. The van der Waals surface area contributed by atoms with Crippen molar-refractivity contribution in [2.45, 2.75) is 11.5 Å². The lowest BCUT2D eigenvalue weighted by molar-refractivity contribution is -0.161. The molecule has 2 rings (SSSR count). The third kappa shape index (κ3) is 1.14. The summed E-state index contributed by atoms with van der Waals surface area (Å²) in [5.74, 6) is -0.716. The van der Waals surface area contributed by atoms with Crippen LogP contribution in [0, 0.1) is 0 Å². The third-order valence-corrected chi connectivity index (χ3v) is 3.43. The van der Waals surface area contributed by atoms with Gasteiger partial charge in [0, 0.05) is 12.9 Å². The molecule has 5 nitrogen and oxygen atoms in total. The van der Waals surface area contributed by atoms with Crippen molar-refractivity contribution in [1.29, 1.82) is 0 Å². The average Bonchev–Trinajstić information content (AvgIpc) is 2.16. The number of fused-ring (bicyclic) bond motifs is 1. The fraction of sp³-hybridized carbons (Fsp3) is 0.500. The molecular formula is C8H9NO4S. The van der Waals surface area contributed by atoms with Gasteiger partial charge in [-0.05, 0) is 6.08 Å². The molecule has 0 aromatic carbocycles. The number of carboxylic acids is 1. The highest BCUT2D eigenvalue weighted by molar-refractivity contribution is 8.00. The van der Waals surface area contributed by atoms with Crippen molar-refractivity contribution in [2.24, 2.45) is 0 Å². The monoisotopic (exact) mass is 215 g/mol. The molecule has 2 aliphatic heterocycles. The molecule has 0 bridgehead atoms. The maximum absolute atomic E-state index is 11.4. The van der Waals surface area contributed by atoms with E-state index in [2.05, 4.69) is 0 Å². The van der Waals surface area contributed by atoms with Crippen LogP contribution in [0.2, 0.25) is 0 Å². The highest BCUT2D eigenvalue weighted by Gasteiger charge is 2.52. The minimum Gasteiger partial charge on any atom is -0.477 e. The molecule has 0 aromatic heterocycles. The molecule has 6 heteroatoms. The van der Waals surface area contributed by atoms with Gasteiger partial charge >= 0.3 is 5.97 Å². The summed E-state index contributed by atoms with van der Waals surface area (Å²) in [5.41, 5.74) is 0.0760. The molecule has 0 saturated carbocycles. The van der Waals surface area contributed by atoms with E-state index in [4.69, 9.17) is 9.84 Å². The summed E-state index contributed by atoms with van der Waals surface area (Å²) < 4.78 is 4.96. The summed E-state index contributed by atoms with van der Waals surface area (Å²) in [4.78, 5) is 23.5. The van der Waals surface area contributed by atoms with E-state index in [-0.39, 0.29) is 17.0 Å². The smallest absolute Gasteiger partial charge is 0.352 e. The molecule has 2 atom stereocenters. The zero-order valence-corrected chi connectivity index (χ0v) is 8.28.